The van der Waals surface area contributed by atoms with Crippen molar-refractivity contribution in [2.75, 3.05) is 0 Å². The SMILES string of the molecule is CCCCCn1nc(C(C)CC)nc1Cc1ccc(-c2ccncc2C(=O)O)cc1. The molecule has 0 radical (unpaired) electrons. The lowest BCUT2D eigenvalue weighted by Crippen LogP contribution is -2.07. The third-order valence-corrected chi connectivity index (χ3v) is 5.47. The van der Waals surface area contributed by atoms with Gasteiger partial charge >= 0.3 is 5.97 Å². The number of hydrogen-bond acceptors (Lipinski definition) is 4. The van der Waals surface area contributed by atoms with Gasteiger partial charge in [-0.25, -0.2) is 14.5 Å². The highest BCUT2D eigenvalue weighted by Crippen LogP contribution is 2.24. The van der Waals surface area contributed by atoms with Gasteiger partial charge in [-0.1, -0.05) is 57.9 Å². The van der Waals surface area contributed by atoms with Crippen LogP contribution in [0.5, 0.6) is 0 Å². The first kappa shape index (κ1) is 21.7. The van der Waals surface area contributed by atoms with E-state index >= 15 is 0 Å². The number of nitrogens with zero attached hydrogens (tertiary/aromatic N) is 4. The molecule has 3 rings (SSSR count). The Labute approximate surface area is 178 Å². The number of carbonyl (C=O) groups is 1. The van der Waals surface area contributed by atoms with Gasteiger partial charge in [-0.2, -0.15) is 5.10 Å². The summed E-state index contributed by atoms with van der Waals surface area (Å²) in [7, 11) is 0. The Bertz CT molecular complexity index is 979. The quantitative estimate of drug-likeness (QED) is 0.460. The first-order valence-corrected chi connectivity index (χ1v) is 10.7. The number of hydrogen-bond donors (Lipinski definition) is 1. The minimum Gasteiger partial charge on any atom is -0.478 e. The van der Waals surface area contributed by atoms with Crippen molar-refractivity contribution < 1.29 is 9.90 Å². The second kappa shape index (κ2) is 10.1. The predicted molar refractivity (Wildman–Crippen MR) is 118 cm³/mol. The molecule has 158 valence electrons. The lowest BCUT2D eigenvalue weighted by atomic mass is 10.00. The smallest absolute Gasteiger partial charge is 0.337 e. The van der Waals surface area contributed by atoms with Crippen LogP contribution in [0.25, 0.3) is 11.1 Å². The van der Waals surface area contributed by atoms with Crippen molar-refractivity contribution in [3.63, 3.8) is 0 Å². The maximum atomic E-state index is 11.5. The molecule has 30 heavy (non-hydrogen) atoms. The molecule has 0 bridgehead atoms. The second-order valence-corrected chi connectivity index (χ2v) is 7.73. The van der Waals surface area contributed by atoms with Gasteiger partial charge in [-0.3, -0.25) is 4.98 Å². The van der Waals surface area contributed by atoms with Gasteiger partial charge in [0, 0.05) is 31.3 Å². The zero-order chi connectivity index (χ0) is 21.5. The van der Waals surface area contributed by atoms with Crippen LogP contribution in [0, 0.1) is 0 Å². The van der Waals surface area contributed by atoms with E-state index in [4.69, 9.17) is 10.1 Å². The fraction of sp³-hybridized carbons (Fsp3) is 0.417. The number of unbranched alkanes of at least 4 members (excludes halogenated alkanes) is 2. The van der Waals surface area contributed by atoms with E-state index in [9.17, 15) is 9.90 Å². The van der Waals surface area contributed by atoms with E-state index in [1.54, 1.807) is 12.3 Å². The Balaban J connectivity index is 1.83. The van der Waals surface area contributed by atoms with Crippen LogP contribution in [-0.2, 0) is 13.0 Å². The fourth-order valence-corrected chi connectivity index (χ4v) is 3.41. The van der Waals surface area contributed by atoms with Crippen molar-refractivity contribution in [2.45, 2.75) is 65.3 Å². The molecule has 1 atom stereocenters. The highest BCUT2D eigenvalue weighted by Gasteiger charge is 2.15. The maximum absolute atomic E-state index is 11.5. The van der Waals surface area contributed by atoms with Crippen LogP contribution in [0.3, 0.4) is 0 Å². The van der Waals surface area contributed by atoms with Crippen molar-refractivity contribution in [1.29, 1.82) is 0 Å². The molecule has 1 N–H and O–H groups in total. The molecule has 0 aliphatic rings. The molecule has 0 saturated carbocycles. The molecular weight excluding hydrogens is 376 g/mol. The number of aromatic carboxylic acids is 1. The molecule has 6 nitrogen and oxygen atoms in total. The molecule has 0 saturated heterocycles. The van der Waals surface area contributed by atoms with Gasteiger partial charge in [0.2, 0.25) is 0 Å². The first-order valence-electron chi connectivity index (χ1n) is 10.7. The van der Waals surface area contributed by atoms with Crippen LogP contribution in [-0.4, -0.2) is 30.8 Å². The summed E-state index contributed by atoms with van der Waals surface area (Å²) in [5, 5.41) is 14.2. The number of carboxylic acid groups (broad SMARTS) is 1. The summed E-state index contributed by atoms with van der Waals surface area (Å²) in [4.78, 5) is 20.2. The molecule has 1 unspecified atom stereocenters. The lowest BCUT2D eigenvalue weighted by molar-refractivity contribution is 0.0697. The Hall–Kier alpha value is -3.02. The molecule has 2 heterocycles. The highest BCUT2D eigenvalue weighted by atomic mass is 16.4. The predicted octanol–water partition coefficient (Wildman–Crippen LogP) is 5.33. The van der Waals surface area contributed by atoms with Crippen molar-refractivity contribution in [3.05, 3.63) is 65.5 Å². The maximum Gasteiger partial charge on any atom is 0.337 e. The highest BCUT2D eigenvalue weighted by molar-refractivity contribution is 5.95. The summed E-state index contributed by atoms with van der Waals surface area (Å²) >= 11 is 0. The van der Waals surface area contributed by atoms with Gasteiger partial charge in [0.25, 0.3) is 0 Å². The number of aromatic nitrogens is 4. The number of aryl methyl sites for hydroxylation is 1. The van der Waals surface area contributed by atoms with Gasteiger partial charge in [0.15, 0.2) is 5.82 Å². The van der Waals surface area contributed by atoms with E-state index in [0.29, 0.717) is 17.9 Å². The zero-order valence-corrected chi connectivity index (χ0v) is 18.0. The van der Waals surface area contributed by atoms with Gasteiger partial charge in [-0.05, 0) is 35.6 Å². The van der Waals surface area contributed by atoms with E-state index in [1.165, 1.54) is 19.0 Å². The Kier molecular flexibility index (Phi) is 7.33. The van der Waals surface area contributed by atoms with Gasteiger partial charge in [0.05, 0.1) is 5.56 Å². The van der Waals surface area contributed by atoms with Crippen molar-refractivity contribution in [3.8, 4) is 11.1 Å². The normalized spacial score (nSPS) is 12.1. The van der Waals surface area contributed by atoms with E-state index in [2.05, 4.69) is 30.4 Å². The van der Waals surface area contributed by atoms with Crippen molar-refractivity contribution in [1.82, 2.24) is 19.7 Å². The summed E-state index contributed by atoms with van der Waals surface area (Å²) < 4.78 is 2.07. The number of benzene rings is 1. The van der Waals surface area contributed by atoms with E-state index in [1.807, 2.05) is 24.3 Å². The van der Waals surface area contributed by atoms with Gasteiger partial charge in [-0.15, -0.1) is 0 Å². The topological polar surface area (TPSA) is 80.9 Å². The molecule has 2 aromatic heterocycles. The number of pyridine rings is 1. The summed E-state index contributed by atoms with van der Waals surface area (Å²) in [5.41, 5.74) is 2.87. The van der Waals surface area contributed by atoms with Crippen LogP contribution in [0.15, 0.2) is 42.7 Å². The molecule has 0 fully saturated rings. The summed E-state index contributed by atoms with van der Waals surface area (Å²) in [6.07, 6.45) is 8.20. The summed E-state index contributed by atoms with van der Waals surface area (Å²) in [6, 6.07) is 9.74. The van der Waals surface area contributed by atoms with Gasteiger partial charge in [0.1, 0.15) is 5.82 Å². The van der Waals surface area contributed by atoms with Crippen molar-refractivity contribution >= 4 is 5.97 Å². The largest absolute Gasteiger partial charge is 0.478 e. The average Bonchev–Trinajstić information content (AvgIpc) is 3.16. The summed E-state index contributed by atoms with van der Waals surface area (Å²) in [6.45, 7) is 7.42. The standard InChI is InChI=1S/C24H30N4O2/c1-4-6-7-14-28-22(26-23(27-28)17(3)5-2)15-18-8-10-19(11-9-18)20-12-13-25-16-21(20)24(29)30/h8-13,16-17H,4-7,14-15H2,1-3H3,(H,29,30). The summed E-state index contributed by atoms with van der Waals surface area (Å²) in [5.74, 6) is 1.28. The molecule has 0 aliphatic carbocycles. The van der Waals surface area contributed by atoms with Gasteiger partial charge < -0.3 is 5.11 Å². The first-order chi connectivity index (χ1) is 14.5. The Morgan fingerprint density at radius 2 is 1.90 bits per heavy atom. The average molecular weight is 407 g/mol. The molecule has 0 amide bonds. The van der Waals surface area contributed by atoms with Crippen LogP contribution in [0.4, 0.5) is 0 Å². The van der Waals surface area contributed by atoms with Crippen LogP contribution in [0.2, 0.25) is 0 Å². The Morgan fingerprint density at radius 3 is 2.57 bits per heavy atom. The van der Waals surface area contributed by atoms with E-state index in [-0.39, 0.29) is 5.56 Å². The third-order valence-electron chi connectivity index (χ3n) is 5.47. The van der Waals surface area contributed by atoms with E-state index < -0.39 is 5.97 Å². The zero-order valence-electron chi connectivity index (χ0n) is 18.0. The minimum atomic E-state index is -0.972. The van der Waals surface area contributed by atoms with E-state index in [0.717, 1.165) is 42.2 Å². The molecule has 0 aliphatic heterocycles. The Morgan fingerprint density at radius 1 is 1.13 bits per heavy atom. The molecule has 6 heteroatoms. The molecule has 1 aromatic carbocycles. The number of rotatable bonds is 10. The fourth-order valence-electron chi connectivity index (χ4n) is 3.41. The molecule has 3 aromatic rings. The minimum absolute atomic E-state index is 0.208. The van der Waals surface area contributed by atoms with Crippen LogP contribution >= 0.6 is 0 Å². The third kappa shape index (κ3) is 5.12. The van der Waals surface area contributed by atoms with Crippen LogP contribution < -0.4 is 0 Å². The molecular formula is C24H30N4O2. The number of carboxylic acids is 1. The van der Waals surface area contributed by atoms with Crippen LogP contribution in [0.1, 0.15) is 79.9 Å². The second-order valence-electron chi connectivity index (χ2n) is 7.73. The molecule has 0 spiro atoms. The monoisotopic (exact) mass is 406 g/mol. The van der Waals surface area contributed by atoms with Crippen molar-refractivity contribution in [2.24, 2.45) is 0 Å². The lowest BCUT2D eigenvalue weighted by Gasteiger charge is -2.08.